The lowest BCUT2D eigenvalue weighted by Gasteiger charge is -2.08. The molecule has 4 heteroatoms. The number of nitrogens with one attached hydrogen (secondary N) is 1. The summed E-state index contributed by atoms with van der Waals surface area (Å²) in [7, 11) is 0. The Labute approximate surface area is 98.6 Å². The average Bonchev–Trinajstić information content (AvgIpc) is 2.73. The summed E-state index contributed by atoms with van der Waals surface area (Å²) in [6.45, 7) is 5.58. The Morgan fingerprint density at radius 1 is 1.67 bits per heavy atom. The van der Waals surface area contributed by atoms with Crippen molar-refractivity contribution in [1.29, 1.82) is 0 Å². The smallest absolute Gasteiger partial charge is 0.140 e. The predicted octanol–water partition coefficient (Wildman–Crippen LogP) is 2.88. The van der Waals surface area contributed by atoms with Crippen molar-refractivity contribution in [2.75, 3.05) is 17.6 Å². The molecule has 1 aromatic heterocycles. The quantitative estimate of drug-likeness (QED) is 0.887. The summed E-state index contributed by atoms with van der Waals surface area (Å²) >= 11 is 3.44. The van der Waals surface area contributed by atoms with Gasteiger partial charge < -0.3 is 11.1 Å². The molecule has 1 fully saturated rings. The molecule has 0 radical (unpaired) electrons. The molecule has 1 aliphatic rings. The summed E-state index contributed by atoms with van der Waals surface area (Å²) in [5.74, 6) is 1.65. The van der Waals surface area contributed by atoms with Crippen molar-refractivity contribution in [3.8, 4) is 0 Å². The van der Waals surface area contributed by atoms with Crippen molar-refractivity contribution < 1.29 is 0 Å². The van der Waals surface area contributed by atoms with E-state index >= 15 is 0 Å². The van der Waals surface area contributed by atoms with Gasteiger partial charge in [0.15, 0.2) is 0 Å². The zero-order chi connectivity index (χ0) is 11.1. The molecule has 2 rings (SSSR count). The second-order valence-electron chi connectivity index (χ2n) is 4.87. The van der Waals surface area contributed by atoms with Crippen LogP contribution in [0.5, 0.6) is 0 Å². The minimum atomic E-state index is 0.507. The van der Waals surface area contributed by atoms with Gasteiger partial charge in [-0.1, -0.05) is 13.8 Å². The number of anilines is 2. The van der Waals surface area contributed by atoms with Crippen LogP contribution in [0.15, 0.2) is 16.7 Å². The molecule has 0 spiro atoms. The van der Waals surface area contributed by atoms with Gasteiger partial charge >= 0.3 is 0 Å². The van der Waals surface area contributed by atoms with Crippen LogP contribution < -0.4 is 11.1 Å². The van der Waals surface area contributed by atoms with E-state index < -0.39 is 0 Å². The Balaban J connectivity index is 1.94. The maximum atomic E-state index is 5.62. The molecular formula is C11H16BrN3. The van der Waals surface area contributed by atoms with Gasteiger partial charge in [-0.15, -0.1) is 0 Å². The van der Waals surface area contributed by atoms with Gasteiger partial charge in [-0.2, -0.15) is 0 Å². The standard InChI is InChI=1S/C11H16BrN3/c1-11(2)4-7(11)5-14-10-9(12)3-8(13)6-15-10/h3,6-7H,4-5,13H2,1-2H3,(H,14,15). The summed E-state index contributed by atoms with van der Waals surface area (Å²) < 4.78 is 0.931. The highest BCUT2D eigenvalue weighted by Gasteiger charge is 2.45. The monoisotopic (exact) mass is 269 g/mol. The van der Waals surface area contributed by atoms with Gasteiger partial charge in [-0.3, -0.25) is 0 Å². The molecule has 0 amide bonds. The first-order valence-electron chi connectivity index (χ1n) is 5.14. The van der Waals surface area contributed by atoms with Crippen molar-refractivity contribution in [3.63, 3.8) is 0 Å². The van der Waals surface area contributed by atoms with Gasteiger partial charge in [0, 0.05) is 6.54 Å². The van der Waals surface area contributed by atoms with E-state index in [1.165, 1.54) is 6.42 Å². The lowest BCUT2D eigenvalue weighted by molar-refractivity contribution is 0.573. The fourth-order valence-corrected chi connectivity index (χ4v) is 2.23. The Kier molecular flexibility index (Phi) is 2.63. The van der Waals surface area contributed by atoms with Crippen molar-refractivity contribution in [3.05, 3.63) is 16.7 Å². The van der Waals surface area contributed by atoms with Crippen LogP contribution in [0.1, 0.15) is 20.3 Å². The van der Waals surface area contributed by atoms with E-state index in [-0.39, 0.29) is 0 Å². The van der Waals surface area contributed by atoms with E-state index in [9.17, 15) is 0 Å². The molecule has 3 nitrogen and oxygen atoms in total. The maximum Gasteiger partial charge on any atom is 0.140 e. The normalized spacial score (nSPS) is 22.5. The largest absolute Gasteiger partial charge is 0.397 e. The van der Waals surface area contributed by atoms with E-state index in [2.05, 4.69) is 40.1 Å². The van der Waals surface area contributed by atoms with Crippen LogP contribution in [-0.4, -0.2) is 11.5 Å². The number of pyridine rings is 1. The third-order valence-corrected chi connectivity index (χ3v) is 3.70. The Bertz CT molecular complexity index is 376. The fourth-order valence-electron chi connectivity index (χ4n) is 1.73. The van der Waals surface area contributed by atoms with E-state index in [1.807, 2.05) is 6.07 Å². The molecule has 15 heavy (non-hydrogen) atoms. The molecule has 1 unspecified atom stereocenters. The average molecular weight is 270 g/mol. The number of halogens is 1. The van der Waals surface area contributed by atoms with Crippen LogP contribution in [0.3, 0.4) is 0 Å². The summed E-state index contributed by atoms with van der Waals surface area (Å²) in [5.41, 5.74) is 6.81. The Hall–Kier alpha value is -0.770. The number of aromatic nitrogens is 1. The number of nitrogens with two attached hydrogens (primary N) is 1. The van der Waals surface area contributed by atoms with Crippen LogP contribution in [0, 0.1) is 11.3 Å². The first-order valence-corrected chi connectivity index (χ1v) is 5.93. The predicted molar refractivity (Wildman–Crippen MR) is 66.7 cm³/mol. The zero-order valence-electron chi connectivity index (χ0n) is 9.05. The van der Waals surface area contributed by atoms with Crippen LogP contribution in [-0.2, 0) is 0 Å². The highest BCUT2D eigenvalue weighted by atomic mass is 79.9. The molecule has 0 bridgehead atoms. The number of rotatable bonds is 3. The molecule has 1 atom stereocenters. The van der Waals surface area contributed by atoms with Crippen molar-refractivity contribution >= 4 is 27.4 Å². The van der Waals surface area contributed by atoms with Gasteiger partial charge in [0.1, 0.15) is 5.82 Å². The fraction of sp³-hybridized carbons (Fsp3) is 0.545. The molecular weight excluding hydrogens is 254 g/mol. The van der Waals surface area contributed by atoms with Gasteiger partial charge in [-0.25, -0.2) is 4.98 Å². The van der Waals surface area contributed by atoms with E-state index in [4.69, 9.17) is 5.73 Å². The third kappa shape index (κ3) is 2.43. The first-order chi connectivity index (χ1) is 6.99. The molecule has 1 saturated carbocycles. The van der Waals surface area contributed by atoms with E-state index in [0.29, 0.717) is 11.1 Å². The van der Waals surface area contributed by atoms with E-state index in [1.54, 1.807) is 6.20 Å². The van der Waals surface area contributed by atoms with Crippen LogP contribution in [0.2, 0.25) is 0 Å². The molecule has 82 valence electrons. The summed E-state index contributed by atoms with van der Waals surface area (Å²) in [5, 5.41) is 3.34. The molecule has 1 aromatic rings. The Morgan fingerprint density at radius 2 is 2.33 bits per heavy atom. The summed E-state index contributed by atoms with van der Waals surface area (Å²) in [6, 6.07) is 1.87. The number of nitrogens with zero attached hydrogens (tertiary/aromatic N) is 1. The lowest BCUT2D eigenvalue weighted by atomic mass is 10.1. The molecule has 1 heterocycles. The van der Waals surface area contributed by atoms with Crippen molar-refractivity contribution in [1.82, 2.24) is 4.98 Å². The Morgan fingerprint density at radius 3 is 2.87 bits per heavy atom. The van der Waals surface area contributed by atoms with Crippen molar-refractivity contribution in [2.24, 2.45) is 11.3 Å². The minimum Gasteiger partial charge on any atom is -0.397 e. The number of hydrogen-bond donors (Lipinski definition) is 2. The number of hydrogen-bond acceptors (Lipinski definition) is 3. The first kappa shape index (κ1) is 10.7. The van der Waals surface area contributed by atoms with Crippen LogP contribution in [0.4, 0.5) is 11.5 Å². The minimum absolute atomic E-state index is 0.507. The van der Waals surface area contributed by atoms with Crippen molar-refractivity contribution in [2.45, 2.75) is 20.3 Å². The molecule has 3 N–H and O–H groups in total. The van der Waals surface area contributed by atoms with Gasteiger partial charge in [0.05, 0.1) is 16.4 Å². The SMILES string of the molecule is CC1(C)CC1CNc1ncc(N)cc1Br. The van der Waals surface area contributed by atoms with Crippen LogP contribution in [0.25, 0.3) is 0 Å². The van der Waals surface area contributed by atoms with Gasteiger partial charge in [-0.05, 0) is 39.8 Å². The van der Waals surface area contributed by atoms with Gasteiger partial charge in [0.25, 0.3) is 0 Å². The molecule has 0 aromatic carbocycles. The summed E-state index contributed by atoms with van der Waals surface area (Å²) in [4.78, 5) is 4.24. The van der Waals surface area contributed by atoms with Gasteiger partial charge in [0.2, 0.25) is 0 Å². The van der Waals surface area contributed by atoms with Crippen LogP contribution >= 0.6 is 15.9 Å². The number of nitrogen functional groups attached to an aromatic ring is 1. The molecule has 0 saturated heterocycles. The zero-order valence-corrected chi connectivity index (χ0v) is 10.6. The maximum absolute atomic E-state index is 5.62. The second-order valence-corrected chi connectivity index (χ2v) is 5.72. The highest BCUT2D eigenvalue weighted by molar-refractivity contribution is 9.10. The summed E-state index contributed by atoms with van der Waals surface area (Å²) in [6.07, 6.45) is 2.97. The molecule has 0 aliphatic heterocycles. The topological polar surface area (TPSA) is 50.9 Å². The second kappa shape index (κ2) is 3.67. The van der Waals surface area contributed by atoms with E-state index in [0.717, 1.165) is 22.8 Å². The third-order valence-electron chi connectivity index (χ3n) is 3.10. The lowest BCUT2D eigenvalue weighted by Crippen LogP contribution is -2.09. The molecule has 1 aliphatic carbocycles. The highest BCUT2D eigenvalue weighted by Crippen LogP contribution is 2.51.